The molecule has 0 aliphatic carbocycles. The quantitative estimate of drug-likeness (QED) is 0.0210. The highest BCUT2D eigenvalue weighted by Gasteiger charge is 2.25. The molecule has 0 fully saturated rings. The normalized spacial score (nSPS) is 13.9. The third-order valence-corrected chi connectivity index (χ3v) is 9.38. The van der Waals surface area contributed by atoms with E-state index in [4.69, 9.17) is 24.3 Å². The molecule has 296 valence electrons. The zero-order chi connectivity index (χ0) is 37.5. The van der Waals surface area contributed by atoms with Crippen LogP contribution in [0.4, 0.5) is 0 Å². The van der Waals surface area contributed by atoms with E-state index in [2.05, 4.69) is 13.8 Å². The number of hydrogen-bond acceptors (Lipinski definition) is 8. The van der Waals surface area contributed by atoms with Crippen molar-refractivity contribution in [2.45, 2.75) is 174 Å². The van der Waals surface area contributed by atoms with E-state index in [-0.39, 0.29) is 19.8 Å². The van der Waals surface area contributed by atoms with Crippen molar-refractivity contribution in [3.63, 3.8) is 0 Å². The fourth-order valence-electron chi connectivity index (χ4n) is 5.40. The minimum Gasteiger partial charge on any atom is -0.458 e. The smallest absolute Gasteiger partial charge is 0.458 e. The molecule has 2 atom stereocenters. The summed E-state index contributed by atoms with van der Waals surface area (Å²) < 4.78 is 32.3. The van der Waals surface area contributed by atoms with Crippen LogP contribution in [0.15, 0.2) is 48.6 Å². The van der Waals surface area contributed by atoms with Crippen LogP contribution in [0.2, 0.25) is 0 Å². The van der Waals surface area contributed by atoms with Crippen molar-refractivity contribution in [3.8, 4) is 0 Å². The standard InChI is InChI=1S/C41H74NO8P/c1-3-5-7-9-11-13-15-17-19-21-23-25-27-29-31-33-40(43)47-37-39(38-49-51(45,46)48-36-35-42)50-41(44)34-32-30-28-26-24-22-20-18-16-14-12-10-8-6-4-2/h27-34,39H,3-26,35-38,42H2,1-2H3,(H,45,46)/t39-/m1/s1. The summed E-state index contributed by atoms with van der Waals surface area (Å²) >= 11 is 0. The minimum absolute atomic E-state index is 0.0294. The molecule has 0 aromatic heterocycles. The van der Waals surface area contributed by atoms with Gasteiger partial charge in [-0.3, -0.25) is 9.05 Å². The zero-order valence-electron chi connectivity index (χ0n) is 32.3. The highest BCUT2D eigenvalue weighted by Crippen LogP contribution is 2.43. The summed E-state index contributed by atoms with van der Waals surface area (Å²) in [5.74, 6) is -1.33. The van der Waals surface area contributed by atoms with Crippen molar-refractivity contribution >= 4 is 19.8 Å². The van der Waals surface area contributed by atoms with E-state index in [1.54, 1.807) is 18.2 Å². The number of carbonyl (C=O) groups excluding carboxylic acids is 2. The number of nitrogens with two attached hydrogens (primary N) is 1. The fraction of sp³-hybridized carbons (Fsp3) is 0.756. The van der Waals surface area contributed by atoms with Gasteiger partial charge in [-0.05, 0) is 25.7 Å². The monoisotopic (exact) mass is 740 g/mol. The SMILES string of the molecule is CCCCCCCCCCCCCC=CC=CC(=O)OC[C@H](COP(=O)(O)OCCN)OC(=O)C=CC=CCCCCCCCCCCCCC. The summed E-state index contributed by atoms with van der Waals surface area (Å²) in [6.45, 7) is 3.47. The number of rotatable bonds is 37. The summed E-state index contributed by atoms with van der Waals surface area (Å²) in [4.78, 5) is 34.5. The number of phosphoric ester groups is 1. The summed E-state index contributed by atoms with van der Waals surface area (Å²) in [7, 11) is -4.42. The Hall–Kier alpha value is -2.03. The third-order valence-electron chi connectivity index (χ3n) is 8.40. The first-order chi connectivity index (χ1) is 24.8. The van der Waals surface area contributed by atoms with Crippen LogP contribution < -0.4 is 5.73 Å². The van der Waals surface area contributed by atoms with Crippen LogP contribution in [0.3, 0.4) is 0 Å². The second-order valence-corrected chi connectivity index (χ2v) is 14.8. The molecule has 0 bridgehead atoms. The predicted molar refractivity (Wildman–Crippen MR) is 210 cm³/mol. The molecule has 0 saturated carbocycles. The lowest BCUT2D eigenvalue weighted by molar-refractivity contribution is -0.154. The van der Waals surface area contributed by atoms with E-state index in [0.29, 0.717) is 0 Å². The van der Waals surface area contributed by atoms with Crippen molar-refractivity contribution in [2.75, 3.05) is 26.4 Å². The Labute approximate surface area is 311 Å². The maximum absolute atomic E-state index is 12.4. The van der Waals surface area contributed by atoms with Gasteiger partial charge in [0.05, 0.1) is 13.2 Å². The van der Waals surface area contributed by atoms with Crippen LogP contribution in [0.25, 0.3) is 0 Å². The average Bonchev–Trinajstić information content (AvgIpc) is 3.11. The van der Waals surface area contributed by atoms with Gasteiger partial charge in [-0.25, -0.2) is 14.2 Å². The van der Waals surface area contributed by atoms with Gasteiger partial charge in [-0.1, -0.05) is 179 Å². The Balaban J connectivity index is 4.41. The molecule has 1 unspecified atom stereocenters. The van der Waals surface area contributed by atoms with Gasteiger partial charge < -0.3 is 20.1 Å². The fourth-order valence-corrected chi connectivity index (χ4v) is 6.16. The number of ether oxygens (including phenoxy) is 2. The molecule has 0 saturated heterocycles. The molecule has 0 spiro atoms. The van der Waals surface area contributed by atoms with E-state index in [9.17, 15) is 19.0 Å². The number of hydrogen-bond donors (Lipinski definition) is 2. The van der Waals surface area contributed by atoms with E-state index in [1.165, 1.54) is 141 Å². The van der Waals surface area contributed by atoms with E-state index < -0.39 is 32.5 Å². The molecule has 3 N–H and O–H groups in total. The zero-order valence-corrected chi connectivity index (χ0v) is 33.2. The Morgan fingerprint density at radius 2 is 1.00 bits per heavy atom. The van der Waals surface area contributed by atoms with Crippen LogP contribution in [0, 0.1) is 0 Å². The molecule has 0 rings (SSSR count). The van der Waals surface area contributed by atoms with Crippen LogP contribution in [0.5, 0.6) is 0 Å². The molecule has 51 heavy (non-hydrogen) atoms. The maximum atomic E-state index is 12.4. The first kappa shape index (κ1) is 49.0. The van der Waals surface area contributed by atoms with Crippen molar-refractivity contribution in [2.24, 2.45) is 5.73 Å². The van der Waals surface area contributed by atoms with Crippen LogP contribution >= 0.6 is 7.82 Å². The van der Waals surface area contributed by atoms with Gasteiger partial charge in [0.2, 0.25) is 0 Å². The average molecular weight is 740 g/mol. The van der Waals surface area contributed by atoms with Crippen LogP contribution in [-0.2, 0) is 32.7 Å². The van der Waals surface area contributed by atoms with Gasteiger partial charge in [0.15, 0.2) is 6.10 Å². The van der Waals surface area contributed by atoms with E-state index in [0.717, 1.165) is 25.7 Å². The molecule has 0 aliphatic heterocycles. The van der Waals surface area contributed by atoms with Gasteiger partial charge in [-0.15, -0.1) is 0 Å². The molecule has 0 heterocycles. The number of esters is 2. The summed E-state index contributed by atoms with van der Waals surface area (Å²) in [6.07, 6.45) is 42.7. The first-order valence-corrected chi connectivity index (χ1v) is 21.7. The van der Waals surface area contributed by atoms with E-state index in [1.807, 2.05) is 18.2 Å². The molecule has 0 aromatic carbocycles. The molecular formula is C41H74NO8P. The molecule has 0 amide bonds. The van der Waals surface area contributed by atoms with E-state index >= 15 is 0 Å². The molecule has 0 radical (unpaired) electrons. The number of carbonyl (C=O) groups is 2. The van der Waals surface area contributed by atoms with Crippen molar-refractivity contribution in [3.05, 3.63) is 48.6 Å². The molecular weight excluding hydrogens is 665 g/mol. The van der Waals surface area contributed by atoms with Crippen LogP contribution in [-0.4, -0.2) is 49.3 Å². The highest BCUT2D eigenvalue weighted by atomic mass is 31.2. The third kappa shape index (κ3) is 37.5. The van der Waals surface area contributed by atoms with Gasteiger partial charge in [0.1, 0.15) is 6.61 Å². The Kier molecular flexibility index (Phi) is 36.2. The van der Waals surface area contributed by atoms with Crippen LogP contribution in [0.1, 0.15) is 168 Å². The second-order valence-electron chi connectivity index (χ2n) is 13.3. The van der Waals surface area contributed by atoms with Gasteiger partial charge in [0, 0.05) is 18.7 Å². The lowest BCUT2D eigenvalue weighted by Gasteiger charge is -2.18. The number of phosphoric acid groups is 1. The van der Waals surface area contributed by atoms with Crippen molar-refractivity contribution in [1.29, 1.82) is 0 Å². The lowest BCUT2D eigenvalue weighted by atomic mass is 10.1. The first-order valence-electron chi connectivity index (χ1n) is 20.2. The highest BCUT2D eigenvalue weighted by molar-refractivity contribution is 7.47. The van der Waals surface area contributed by atoms with Gasteiger partial charge in [-0.2, -0.15) is 0 Å². The molecule has 0 aliphatic rings. The molecule has 9 nitrogen and oxygen atoms in total. The molecule has 10 heteroatoms. The summed E-state index contributed by atoms with van der Waals surface area (Å²) in [5.41, 5.74) is 5.32. The Bertz CT molecular complexity index is 981. The van der Waals surface area contributed by atoms with Gasteiger partial charge >= 0.3 is 19.8 Å². The van der Waals surface area contributed by atoms with Gasteiger partial charge in [0.25, 0.3) is 0 Å². The molecule has 0 aromatic rings. The summed E-state index contributed by atoms with van der Waals surface area (Å²) in [5, 5.41) is 0. The van der Waals surface area contributed by atoms with Crippen molar-refractivity contribution in [1.82, 2.24) is 0 Å². The number of unbranched alkanes of at least 4 members (excludes halogenated alkanes) is 22. The largest absolute Gasteiger partial charge is 0.472 e. The predicted octanol–water partition coefficient (Wildman–Crippen LogP) is 11.2. The minimum atomic E-state index is -4.42. The lowest BCUT2D eigenvalue weighted by Crippen LogP contribution is -2.28. The van der Waals surface area contributed by atoms with Crippen molar-refractivity contribution < 1.29 is 37.6 Å². The summed E-state index contributed by atoms with van der Waals surface area (Å²) in [6, 6.07) is 0. The Morgan fingerprint density at radius 1 is 0.588 bits per heavy atom. The topological polar surface area (TPSA) is 134 Å². The second kappa shape index (κ2) is 37.7. The maximum Gasteiger partial charge on any atom is 0.472 e. The Morgan fingerprint density at radius 3 is 1.43 bits per heavy atom. The number of allylic oxidation sites excluding steroid dienone is 6.